The SMILES string of the molecule is COc1ccccc1CN/N=C\c1ccc(I)o1. The number of hydrazone groups is 1. The normalized spacial score (nSPS) is 10.8. The molecule has 1 aromatic carbocycles. The number of ether oxygens (including phenoxy) is 1. The Morgan fingerprint density at radius 3 is 2.89 bits per heavy atom. The molecule has 0 bridgehead atoms. The van der Waals surface area contributed by atoms with Gasteiger partial charge in [-0.2, -0.15) is 5.10 Å². The van der Waals surface area contributed by atoms with Crippen molar-refractivity contribution in [3.63, 3.8) is 0 Å². The van der Waals surface area contributed by atoms with Crippen LogP contribution in [0, 0.1) is 3.77 Å². The van der Waals surface area contributed by atoms with Gasteiger partial charge in [-0.15, -0.1) is 0 Å². The molecule has 18 heavy (non-hydrogen) atoms. The van der Waals surface area contributed by atoms with Crippen molar-refractivity contribution in [3.8, 4) is 5.75 Å². The van der Waals surface area contributed by atoms with E-state index in [-0.39, 0.29) is 0 Å². The van der Waals surface area contributed by atoms with E-state index in [1.54, 1.807) is 13.3 Å². The molecule has 1 N–H and O–H groups in total. The minimum Gasteiger partial charge on any atom is -0.496 e. The van der Waals surface area contributed by atoms with Gasteiger partial charge >= 0.3 is 0 Å². The maximum absolute atomic E-state index is 5.35. The first-order chi connectivity index (χ1) is 8.79. The molecule has 5 heteroatoms. The highest BCUT2D eigenvalue weighted by atomic mass is 127. The molecule has 0 aliphatic carbocycles. The first kappa shape index (κ1) is 12.9. The van der Waals surface area contributed by atoms with Crippen LogP contribution >= 0.6 is 22.6 Å². The summed E-state index contributed by atoms with van der Waals surface area (Å²) in [4.78, 5) is 0. The summed E-state index contributed by atoms with van der Waals surface area (Å²) in [6.07, 6.45) is 1.65. The van der Waals surface area contributed by atoms with Gasteiger partial charge in [-0.1, -0.05) is 18.2 Å². The fourth-order valence-electron chi connectivity index (χ4n) is 1.49. The molecule has 0 saturated carbocycles. The van der Waals surface area contributed by atoms with Crippen molar-refractivity contribution in [2.45, 2.75) is 6.54 Å². The van der Waals surface area contributed by atoms with Crippen LogP contribution in [-0.2, 0) is 6.54 Å². The van der Waals surface area contributed by atoms with Gasteiger partial charge in [0.2, 0.25) is 0 Å². The zero-order chi connectivity index (χ0) is 12.8. The molecule has 0 saturated heterocycles. The minimum absolute atomic E-state index is 0.609. The topological polar surface area (TPSA) is 46.8 Å². The maximum atomic E-state index is 5.35. The molecule has 2 aromatic rings. The van der Waals surface area contributed by atoms with Gasteiger partial charge in [0, 0.05) is 5.56 Å². The number of furan rings is 1. The molecular weight excluding hydrogens is 343 g/mol. The largest absolute Gasteiger partial charge is 0.496 e. The molecule has 2 rings (SSSR count). The maximum Gasteiger partial charge on any atom is 0.164 e. The van der Waals surface area contributed by atoms with E-state index in [9.17, 15) is 0 Å². The minimum atomic E-state index is 0.609. The lowest BCUT2D eigenvalue weighted by atomic mass is 10.2. The van der Waals surface area contributed by atoms with Crippen molar-refractivity contribution in [2.24, 2.45) is 5.10 Å². The Balaban J connectivity index is 1.90. The lowest BCUT2D eigenvalue weighted by molar-refractivity contribution is 0.408. The summed E-state index contributed by atoms with van der Waals surface area (Å²) in [6, 6.07) is 11.6. The van der Waals surface area contributed by atoms with Crippen molar-refractivity contribution in [3.05, 3.63) is 51.5 Å². The van der Waals surface area contributed by atoms with E-state index in [1.165, 1.54) is 0 Å². The van der Waals surface area contributed by atoms with Crippen molar-refractivity contribution >= 4 is 28.8 Å². The van der Waals surface area contributed by atoms with Crippen LogP contribution in [0.15, 0.2) is 45.9 Å². The van der Waals surface area contributed by atoms with Crippen LogP contribution in [0.5, 0.6) is 5.75 Å². The highest BCUT2D eigenvalue weighted by molar-refractivity contribution is 14.1. The Kier molecular flexibility index (Phi) is 4.63. The molecular formula is C13H13IN2O2. The van der Waals surface area contributed by atoms with E-state index < -0.39 is 0 Å². The summed E-state index contributed by atoms with van der Waals surface area (Å²) in [7, 11) is 1.66. The quantitative estimate of drug-likeness (QED) is 0.509. The Morgan fingerprint density at radius 1 is 1.33 bits per heavy atom. The van der Waals surface area contributed by atoms with Crippen LogP contribution in [-0.4, -0.2) is 13.3 Å². The third kappa shape index (κ3) is 3.49. The van der Waals surface area contributed by atoms with Crippen molar-refractivity contribution < 1.29 is 9.15 Å². The number of methoxy groups -OCH3 is 1. The van der Waals surface area contributed by atoms with Gasteiger partial charge in [0.15, 0.2) is 3.77 Å². The van der Waals surface area contributed by atoms with Crippen molar-refractivity contribution in [2.75, 3.05) is 7.11 Å². The van der Waals surface area contributed by atoms with Crippen LogP contribution in [0.25, 0.3) is 0 Å². The zero-order valence-electron chi connectivity index (χ0n) is 9.89. The molecule has 0 amide bonds. The van der Waals surface area contributed by atoms with Gasteiger partial charge in [0.05, 0.1) is 19.9 Å². The summed E-state index contributed by atoms with van der Waals surface area (Å²) in [5.74, 6) is 1.58. The van der Waals surface area contributed by atoms with Crippen LogP contribution in [0.4, 0.5) is 0 Å². The summed E-state index contributed by atoms with van der Waals surface area (Å²) in [5, 5.41) is 4.10. The number of para-hydroxylation sites is 1. The second-order valence-electron chi connectivity index (χ2n) is 3.55. The van der Waals surface area contributed by atoms with E-state index >= 15 is 0 Å². The highest BCUT2D eigenvalue weighted by Gasteiger charge is 1.99. The van der Waals surface area contributed by atoms with Gasteiger partial charge in [0.1, 0.15) is 11.5 Å². The lowest BCUT2D eigenvalue weighted by Gasteiger charge is -2.06. The average molecular weight is 356 g/mol. The van der Waals surface area contributed by atoms with Crippen LogP contribution in [0.1, 0.15) is 11.3 Å². The second-order valence-corrected chi connectivity index (χ2v) is 4.61. The number of hydrogen-bond donors (Lipinski definition) is 1. The number of halogens is 1. The summed E-state index contributed by atoms with van der Waals surface area (Å²) < 4.78 is 11.5. The molecule has 0 spiro atoms. The van der Waals surface area contributed by atoms with E-state index in [2.05, 4.69) is 33.1 Å². The molecule has 0 radical (unpaired) electrons. The first-order valence-electron chi connectivity index (χ1n) is 5.43. The molecule has 0 aliphatic rings. The molecule has 0 atom stereocenters. The summed E-state index contributed by atoms with van der Waals surface area (Å²) in [6.45, 7) is 0.609. The third-order valence-electron chi connectivity index (χ3n) is 2.34. The number of hydrogen-bond acceptors (Lipinski definition) is 4. The van der Waals surface area contributed by atoms with Gasteiger partial charge in [-0.25, -0.2) is 0 Å². The van der Waals surface area contributed by atoms with Crippen LogP contribution < -0.4 is 10.2 Å². The monoisotopic (exact) mass is 356 g/mol. The number of benzene rings is 1. The first-order valence-corrected chi connectivity index (χ1v) is 6.50. The fourth-order valence-corrected chi connectivity index (χ4v) is 1.92. The van der Waals surface area contributed by atoms with Gasteiger partial charge in [-0.3, -0.25) is 0 Å². The second kappa shape index (κ2) is 6.44. The highest BCUT2D eigenvalue weighted by Crippen LogP contribution is 2.16. The molecule has 1 aromatic heterocycles. The van der Waals surface area contributed by atoms with E-state index in [4.69, 9.17) is 9.15 Å². The average Bonchev–Trinajstić information content (AvgIpc) is 2.81. The van der Waals surface area contributed by atoms with Gasteiger partial charge < -0.3 is 14.6 Å². The predicted molar refractivity (Wildman–Crippen MR) is 78.9 cm³/mol. The molecule has 94 valence electrons. The standard InChI is InChI=1S/C13H13IN2O2/c1-17-12-5-3-2-4-10(12)8-15-16-9-11-6-7-13(14)18-11/h2-7,9,15H,8H2,1H3/b16-9-. The van der Waals surface area contributed by atoms with Crippen molar-refractivity contribution in [1.29, 1.82) is 0 Å². The predicted octanol–water partition coefficient (Wildman–Crippen LogP) is 3.02. The van der Waals surface area contributed by atoms with Crippen LogP contribution in [0.2, 0.25) is 0 Å². The van der Waals surface area contributed by atoms with E-state index in [1.807, 2.05) is 36.4 Å². The molecule has 0 fully saturated rings. The zero-order valence-corrected chi connectivity index (χ0v) is 12.0. The molecule has 0 unspecified atom stereocenters. The Bertz CT molecular complexity index is 537. The Hall–Kier alpha value is -1.50. The van der Waals surface area contributed by atoms with Gasteiger partial charge in [0.25, 0.3) is 0 Å². The van der Waals surface area contributed by atoms with Crippen LogP contribution in [0.3, 0.4) is 0 Å². The lowest BCUT2D eigenvalue weighted by Crippen LogP contribution is -2.06. The number of nitrogens with one attached hydrogen (secondary N) is 1. The van der Waals surface area contributed by atoms with Crippen molar-refractivity contribution in [1.82, 2.24) is 5.43 Å². The van der Waals surface area contributed by atoms with E-state index in [0.717, 1.165) is 20.8 Å². The molecule has 0 aliphatic heterocycles. The molecule has 1 heterocycles. The smallest absolute Gasteiger partial charge is 0.164 e. The Labute approximate surface area is 119 Å². The van der Waals surface area contributed by atoms with Gasteiger partial charge in [-0.05, 0) is 40.8 Å². The fraction of sp³-hybridized carbons (Fsp3) is 0.154. The Morgan fingerprint density at radius 2 is 2.17 bits per heavy atom. The summed E-state index contributed by atoms with van der Waals surface area (Å²) >= 11 is 2.12. The third-order valence-corrected chi connectivity index (χ3v) is 2.92. The molecule has 4 nitrogen and oxygen atoms in total. The number of nitrogens with zero attached hydrogens (tertiary/aromatic N) is 1. The summed E-state index contributed by atoms with van der Waals surface area (Å²) in [5.41, 5.74) is 4.02. The van der Waals surface area contributed by atoms with E-state index in [0.29, 0.717) is 6.54 Å². The number of rotatable bonds is 5.